The monoisotopic (exact) mass is 400 g/mol. The third-order valence-electron chi connectivity index (χ3n) is 5.33. The van der Waals surface area contributed by atoms with Crippen molar-refractivity contribution in [2.75, 3.05) is 6.54 Å². The largest absolute Gasteiger partial charge is 0.352 e. The summed E-state index contributed by atoms with van der Waals surface area (Å²) >= 11 is 0. The topological polar surface area (TPSA) is 68.9 Å². The molecule has 6 heteroatoms. The van der Waals surface area contributed by atoms with Gasteiger partial charge in [-0.3, -0.25) is 9.59 Å². The van der Waals surface area contributed by atoms with Gasteiger partial charge in [0, 0.05) is 31.2 Å². The lowest BCUT2D eigenvalue weighted by molar-refractivity contribution is 0.0954. The molecule has 0 saturated carbocycles. The lowest BCUT2D eigenvalue weighted by Crippen LogP contribution is -2.28. The summed E-state index contributed by atoms with van der Waals surface area (Å²) in [6.07, 6.45) is 3.65. The number of pyridine rings is 1. The molecule has 2 heterocycles. The molecule has 0 saturated heterocycles. The van der Waals surface area contributed by atoms with Crippen LogP contribution in [0.2, 0.25) is 0 Å². The number of nitrogens with zero attached hydrogens (tertiary/aromatic N) is 3. The van der Waals surface area contributed by atoms with E-state index in [0.717, 1.165) is 40.7 Å². The number of para-hydroxylation sites is 2. The fourth-order valence-corrected chi connectivity index (χ4v) is 3.63. The molecule has 30 heavy (non-hydrogen) atoms. The maximum atomic E-state index is 12.7. The number of carbonyl (C=O) groups is 1. The van der Waals surface area contributed by atoms with Crippen molar-refractivity contribution in [1.29, 1.82) is 0 Å². The van der Waals surface area contributed by atoms with Crippen molar-refractivity contribution in [2.45, 2.75) is 19.8 Å². The van der Waals surface area contributed by atoms with Gasteiger partial charge in [-0.1, -0.05) is 36.4 Å². The van der Waals surface area contributed by atoms with Crippen molar-refractivity contribution >= 4 is 16.8 Å². The Kier molecular flexibility index (Phi) is 5.48. The fourth-order valence-electron chi connectivity index (χ4n) is 3.63. The molecule has 4 rings (SSSR count). The molecule has 0 atom stereocenters. The second-order valence-corrected chi connectivity index (χ2v) is 7.35. The number of aromatic nitrogens is 3. The molecule has 2 aromatic heterocycles. The zero-order valence-electron chi connectivity index (χ0n) is 17.1. The SMILES string of the molecule is Cc1nn(-c2ccccc2)cc1CCCNC(=O)c1cc(=O)n(C)c2ccccc12. The molecule has 1 N–H and O–H groups in total. The van der Waals surface area contributed by atoms with Gasteiger partial charge in [0.25, 0.3) is 11.5 Å². The first-order chi connectivity index (χ1) is 14.5. The van der Waals surface area contributed by atoms with Crippen molar-refractivity contribution in [3.05, 3.63) is 94.0 Å². The predicted molar refractivity (Wildman–Crippen MR) is 118 cm³/mol. The summed E-state index contributed by atoms with van der Waals surface area (Å²) in [5.74, 6) is -0.222. The smallest absolute Gasteiger partial charge is 0.252 e. The summed E-state index contributed by atoms with van der Waals surface area (Å²) in [6.45, 7) is 2.53. The summed E-state index contributed by atoms with van der Waals surface area (Å²) < 4.78 is 3.44. The zero-order chi connectivity index (χ0) is 21.1. The van der Waals surface area contributed by atoms with Gasteiger partial charge in [0.2, 0.25) is 0 Å². The van der Waals surface area contributed by atoms with Crippen LogP contribution in [0.3, 0.4) is 0 Å². The van der Waals surface area contributed by atoms with E-state index in [4.69, 9.17) is 0 Å². The number of amides is 1. The molecule has 1 amide bonds. The van der Waals surface area contributed by atoms with Gasteiger partial charge in [0.05, 0.1) is 22.5 Å². The maximum Gasteiger partial charge on any atom is 0.252 e. The first kappa shape index (κ1) is 19.6. The minimum Gasteiger partial charge on any atom is -0.352 e. The van der Waals surface area contributed by atoms with Gasteiger partial charge in [0.1, 0.15) is 0 Å². The van der Waals surface area contributed by atoms with Crippen LogP contribution in [-0.2, 0) is 13.5 Å². The minimum atomic E-state index is -0.222. The van der Waals surface area contributed by atoms with Crippen LogP contribution in [-0.4, -0.2) is 26.8 Å². The Morgan fingerprint density at radius 3 is 2.60 bits per heavy atom. The van der Waals surface area contributed by atoms with Crippen molar-refractivity contribution < 1.29 is 4.79 Å². The molecule has 0 aliphatic rings. The van der Waals surface area contributed by atoms with Crippen LogP contribution >= 0.6 is 0 Å². The first-order valence-corrected chi connectivity index (χ1v) is 10.0. The number of aryl methyl sites for hydroxylation is 3. The summed E-state index contributed by atoms with van der Waals surface area (Å²) in [5.41, 5.74) is 4.15. The number of rotatable bonds is 6. The number of nitrogens with one attached hydrogen (secondary N) is 1. The van der Waals surface area contributed by atoms with Gasteiger partial charge in [-0.25, -0.2) is 4.68 Å². The fraction of sp³-hybridized carbons (Fsp3) is 0.208. The molecule has 0 unspecified atom stereocenters. The first-order valence-electron chi connectivity index (χ1n) is 10.0. The highest BCUT2D eigenvalue weighted by Crippen LogP contribution is 2.16. The summed E-state index contributed by atoms with van der Waals surface area (Å²) in [7, 11) is 1.71. The summed E-state index contributed by atoms with van der Waals surface area (Å²) in [4.78, 5) is 24.9. The number of carbonyl (C=O) groups excluding carboxylic acids is 1. The quantitative estimate of drug-likeness (QED) is 0.505. The molecule has 0 spiro atoms. The second-order valence-electron chi connectivity index (χ2n) is 7.35. The molecule has 0 bridgehead atoms. The average Bonchev–Trinajstić information content (AvgIpc) is 3.15. The average molecular weight is 400 g/mol. The van der Waals surface area contributed by atoms with Gasteiger partial charge in [-0.2, -0.15) is 5.10 Å². The molecular weight excluding hydrogens is 376 g/mol. The molecule has 2 aromatic carbocycles. The molecule has 4 aromatic rings. The predicted octanol–water partition coefficient (Wildman–Crippen LogP) is 3.40. The minimum absolute atomic E-state index is 0.192. The normalized spacial score (nSPS) is 11.0. The molecule has 0 aliphatic heterocycles. The van der Waals surface area contributed by atoms with Gasteiger partial charge < -0.3 is 9.88 Å². The Balaban J connectivity index is 1.41. The standard InChI is InChI=1S/C24H24N4O2/c1-17-18(16-28(26-17)19-10-4-3-5-11-19)9-8-14-25-24(30)21-15-23(29)27(2)22-13-7-6-12-20(21)22/h3-7,10-13,15-16H,8-9,14H2,1-2H3,(H,25,30). The molecular formula is C24H24N4O2. The van der Waals surface area contributed by atoms with Gasteiger partial charge in [-0.05, 0) is 43.5 Å². The number of hydrogen-bond donors (Lipinski definition) is 1. The van der Waals surface area contributed by atoms with Gasteiger partial charge >= 0.3 is 0 Å². The number of hydrogen-bond acceptors (Lipinski definition) is 3. The van der Waals surface area contributed by atoms with E-state index in [1.54, 1.807) is 11.6 Å². The highest BCUT2D eigenvalue weighted by Gasteiger charge is 2.13. The summed E-state index contributed by atoms with van der Waals surface area (Å²) in [5, 5.41) is 8.31. The van der Waals surface area contributed by atoms with Crippen LogP contribution in [0.25, 0.3) is 16.6 Å². The van der Waals surface area contributed by atoms with Crippen LogP contribution in [0.5, 0.6) is 0 Å². The highest BCUT2D eigenvalue weighted by atomic mass is 16.2. The Morgan fingerprint density at radius 2 is 1.80 bits per heavy atom. The molecule has 0 aliphatic carbocycles. The number of benzene rings is 2. The van der Waals surface area contributed by atoms with E-state index in [-0.39, 0.29) is 11.5 Å². The third-order valence-corrected chi connectivity index (χ3v) is 5.33. The summed E-state index contributed by atoms with van der Waals surface area (Å²) in [6, 6.07) is 18.9. The van der Waals surface area contributed by atoms with Gasteiger partial charge in [-0.15, -0.1) is 0 Å². The van der Waals surface area contributed by atoms with E-state index in [0.29, 0.717) is 12.1 Å². The molecule has 0 radical (unpaired) electrons. The maximum absolute atomic E-state index is 12.7. The number of fused-ring (bicyclic) bond motifs is 1. The van der Waals surface area contributed by atoms with E-state index >= 15 is 0 Å². The zero-order valence-corrected chi connectivity index (χ0v) is 17.1. The second kappa shape index (κ2) is 8.37. The van der Waals surface area contributed by atoms with Crippen molar-refractivity contribution in [2.24, 2.45) is 7.05 Å². The van der Waals surface area contributed by atoms with Crippen LogP contribution in [0.4, 0.5) is 0 Å². The van der Waals surface area contributed by atoms with E-state index in [1.165, 1.54) is 6.07 Å². The molecule has 152 valence electrons. The van der Waals surface area contributed by atoms with Crippen molar-refractivity contribution in [3.63, 3.8) is 0 Å². The highest BCUT2D eigenvalue weighted by molar-refractivity contribution is 6.06. The Morgan fingerprint density at radius 1 is 1.07 bits per heavy atom. The van der Waals surface area contributed by atoms with Crippen molar-refractivity contribution in [1.82, 2.24) is 19.7 Å². The van der Waals surface area contributed by atoms with Crippen LogP contribution < -0.4 is 10.9 Å². The molecule has 0 fully saturated rings. The lowest BCUT2D eigenvalue weighted by atomic mass is 10.1. The van der Waals surface area contributed by atoms with Crippen molar-refractivity contribution in [3.8, 4) is 5.69 Å². The lowest BCUT2D eigenvalue weighted by Gasteiger charge is -2.10. The molecule has 6 nitrogen and oxygen atoms in total. The Hall–Kier alpha value is -3.67. The van der Waals surface area contributed by atoms with E-state index in [9.17, 15) is 9.59 Å². The van der Waals surface area contributed by atoms with Gasteiger partial charge in [0.15, 0.2) is 0 Å². The Bertz CT molecular complexity index is 1260. The van der Waals surface area contributed by atoms with Crippen LogP contribution in [0, 0.1) is 6.92 Å². The van der Waals surface area contributed by atoms with Crippen LogP contribution in [0.1, 0.15) is 28.0 Å². The third kappa shape index (κ3) is 3.89. The Labute approximate surface area is 174 Å². The van der Waals surface area contributed by atoms with E-state index < -0.39 is 0 Å². The van der Waals surface area contributed by atoms with E-state index in [2.05, 4.69) is 10.4 Å². The van der Waals surface area contributed by atoms with Crippen LogP contribution in [0.15, 0.2) is 71.7 Å². The van der Waals surface area contributed by atoms with E-state index in [1.807, 2.05) is 72.4 Å².